The predicted octanol–water partition coefficient (Wildman–Crippen LogP) is 1.32. The number of hydrogen-bond donors (Lipinski definition) is 0. The van der Waals surface area contributed by atoms with Gasteiger partial charge in [0.15, 0.2) is 12.6 Å². The Kier molecular flexibility index (Phi) is 14.5. The zero-order chi connectivity index (χ0) is 30.6. The topological polar surface area (TPSA) is 120 Å². The molecule has 0 unspecified atom stereocenters. The Morgan fingerprint density at radius 2 is 0.907 bits per heavy atom. The molecule has 3 aliphatic rings. The molecule has 0 amide bonds. The summed E-state index contributed by atoms with van der Waals surface area (Å²) in [6, 6.07) is 7.92. The summed E-state index contributed by atoms with van der Waals surface area (Å²) in [5.74, 6) is 0. The van der Waals surface area contributed by atoms with Crippen LogP contribution in [-0.4, -0.2) is 144 Å². The van der Waals surface area contributed by atoms with Crippen LogP contribution in [0.4, 0.5) is 0 Å². The minimum atomic E-state index is -0.712. The van der Waals surface area contributed by atoms with E-state index in [9.17, 15) is 0 Å². The first-order valence-electron chi connectivity index (χ1n) is 14.6. The van der Waals surface area contributed by atoms with Crippen molar-refractivity contribution in [2.24, 2.45) is 0 Å². The van der Waals surface area contributed by atoms with Gasteiger partial charge in [0, 0.05) is 42.7 Å². The summed E-state index contributed by atoms with van der Waals surface area (Å²) < 4.78 is 77.2. The smallest absolute Gasteiger partial charge is 0.187 e. The zero-order valence-electron chi connectivity index (χ0n) is 26.0. The van der Waals surface area contributed by atoms with E-state index in [4.69, 9.17) is 61.6 Å². The quantitative estimate of drug-likeness (QED) is 0.458. The largest absolute Gasteiger partial charge is 0.377 e. The van der Waals surface area contributed by atoms with E-state index in [-0.39, 0.29) is 26.4 Å². The van der Waals surface area contributed by atoms with Crippen molar-refractivity contribution in [1.82, 2.24) is 0 Å². The van der Waals surface area contributed by atoms with Crippen molar-refractivity contribution in [1.29, 1.82) is 0 Å². The first kappa shape index (κ1) is 34.6. The monoisotopic (exact) mass is 616 g/mol. The first-order chi connectivity index (χ1) is 21.1. The van der Waals surface area contributed by atoms with Crippen LogP contribution >= 0.6 is 0 Å². The van der Waals surface area contributed by atoms with Crippen molar-refractivity contribution in [3.63, 3.8) is 0 Å². The van der Waals surface area contributed by atoms with Crippen LogP contribution in [-0.2, 0) is 74.8 Å². The fourth-order valence-electron chi connectivity index (χ4n) is 5.80. The molecule has 13 heteroatoms. The van der Waals surface area contributed by atoms with E-state index in [1.807, 2.05) is 24.3 Å². The SMILES string of the molecule is CO[C@H]1[C@@H](OC)[C@H]2COCCOCCOC[C@H]3O[C@@H](OCc4cccc(c4)CO[C@H](O2)[C@@H]1OC)[C@H](OC)[C@@H](OC)[C@H]3OC. The van der Waals surface area contributed by atoms with Crippen molar-refractivity contribution < 1.29 is 61.6 Å². The second-order valence-corrected chi connectivity index (χ2v) is 10.5. The van der Waals surface area contributed by atoms with Gasteiger partial charge in [0.25, 0.3) is 0 Å². The second kappa shape index (κ2) is 18.0. The lowest BCUT2D eigenvalue weighted by Crippen LogP contribution is -2.61. The van der Waals surface area contributed by atoms with Crippen molar-refractivity contribution in [3.8, 4) is 0 Å². The molecule has 3 aliphatic heterocycles. The number of hydrogen-bond acceptors (Lipinski definition) is 13. The minimum Gasteiger partial charge on any atom is -0.377 e. The summed E-state index contributed by atoms with van der Waals surface area (Å²) in [5, 5.41) is 0. The third-order valence-corrected chi connectivity index (χ3v) is 7.94. The van der Waals surface area contributed by atoms with Gasteiger partial charge in [0.1, 0.15) is 48.8 Å². The molecule has 3 heterocycles. The number of methoxy groups -OCH3 is 6. The summed E-state index contributed by atoms with van der Waals surface area (Å²) in [7, 11) is 9.67. The van der Waals surface area contributed by atoms with Crippen molar-refractivity contribution in [2.75, 3.05) is 82.3 Å². The Bertz CT molecular complexity index is 855. The fourth-order valence-corrected chi connectivity index (χ4v) is 5.80. The number of benzene rings is 1. The van der Waals surface area contributed by atoms with Crippen LogP contribution in [0, 0.1) is 0 Å². The molecular weight excluding hydrogens is 568 g/mol. The second-order valence-electron chi connectivity index (χ2n) is 10.5. The van der Waals surface area contributed by atoms with E-state index < -0.39 is 61.4 Å². The van der Waals surface area contributed by atoms with E-state index in [1.54, 1.807) is 42.7 Å². The molecule has 0 aromatic heterocycles. The fraction of sp³-hybridized carbons (Fsp3) is 0.800. The summed E-state index contributed by atoms with van der Waals surface area (Å²) in [6.45, 7) is 2.58. The maximum atomic E-state index is 6.30. The lowest BCUT2D eigenvalue weighted by molar-refractivity contribution is -0.317. The molecule has 0 N–H and O–H groups in total. The third-order valence-electron chi connectivity index (χ3n) is 7.94. The molecule has 2 saturated heterocycles. The van der Waals surface area contributed by atoms with Crippen LogP contribution in [0.2, 0.25) is 0 Å². The molecule has 10 atom stereocenters. The van der Waals surface area contributed by atoms with E-state index in [0.29, 0.717) is 26.4 Å². The van der Waals surface area contributed by atoms with E-state index in [2.05, 4.69) is 0 Å². The van der Waals surface area contributed by atoms with Gasteiger partial charge in [0.05, 0.1) is 52.9 Å². The Morgan fingerprint density at radius 1 is 0.512 bits per heavy atom. The molecule has 0 saturated carbocycles. The average Bonchev–Trinajstić information content (AvgIpc) is 3.04. The number of rotatable bonds is 6. The summed E-state index contributed by atoms with van der Waals surface area (Å²) in [4.78, 5) is 0. The normalized spacial score (nSPS) is 37.2. The predicted molar refractivity (Wildman–Crippen MR) is 151 cm³/mol. The highest BCUT2D eigenvalue weighted by Crippen LogP contribution is 2.30. The maximum absolute atomic E-state index is 6.30. The molecule has 4 rings (SSSR count). The summed E-state index contributed by atoms with van der Waals surface area (Å²) in [6.07, 6.45) is -5.02. The molecule has 2 fully saturated rings. The first-order valence-corrected chi connectivity index (χ1v) is 14.6. The van der Waals surface area contributed by atoms with Gasteiger partial charge in [-0.3, -0.25) is 0 Å². The van der Waals surface area contributed by atoms with Crippen LogP contribution in [0.3, 0.4) is 0 Å². The van der Waals surface area contributed by atoms with Crippen molar-refractivity contribution in [2.45, 2.75) is 74.6 Å². The van der Waals surface area contributed by atoms with E-state index in [0.717, 1.165) is 11.1 Å². The van der Waals surface area contributed by atoms with Crippen LogP contribution in [0.5, 0.6) is 0 Å². The van der Waals surface area contributed by atoms with E-state index in [1.165, 1.54) is 0 Å². The highest BCUT2D eigenvalue weighted by molar-refractivity contribution is 5.22. The Labute approximate surface area is 254 Å². The molecule has 43 heavy (non-hydrogen) atoms. The standard InChI is InChI=1S/C30H48O13/c1-31-23-21-17-38-12-10-37-11-13-39-18-22-24(32-2)26(34-4)28(36-6)30(43-22)41-16-20-9-7-8-19(14-20)15-40-29(42-21)27(35-5)25(23)33-3/h7-9,14,21-30H,10-13,15-18H2,1-6H3/t21-,22-,23+,24+,25+,26+,27-,28-,29-,30-/m1/s1. The Hall–Kier alpha value is -1.30. The van der Waals surface area contributed by atoms with Gasteiger partial charge in [-0.15, -0.1) is 0 Å². The van der Waals surface area contributed by atoms with Crippen LogP contribution in [0.15, 0.2) is 24.3 Å². The van der Waals surface area contributed by atoms with Gasteiger partial charge in [-0.25, -0.2) is 0 Å². The highest BCUT2D eigenvalue weighted by atomic mass is 16.7. The summed E-state index contributed by atoms with van der Waals surface area (Å²) in [5.41, 5.74) is 1.87. The van der Waals surface area contributed by atoms with Gasteiger partial charge in [-0.05, 0) is 11.1 Å². The number of fused-ring (bicyclic) bond motifs is 6. The molecule has 0 aliphatic carbocycles. The average molecular weight is 617 g/mol. The van der Waals surface area contributed by atoms with Crippen LogP contribution < -0.4 is 0 Å². The van der Waals surface area contributed by atoms with Gasteiger partial charge in [0.2, 0.25) is 0 Å². The highest BCUT2D eigenvalue weighted by Gasteiger charge is 2.49. The molecule has 13 nitrogen and oxygen atoms in total. The van der Waals surface area contributed by atoms with Crippen molar-refractivity contribution >= 4 is 0 Å². The maximum Gasteiger partial charge on any atom is 0.187 e. The molecule has 1 aromatic rings. The van der Waals surface area contributed by atoms with Crippen LogP contribution in [0.1, 0.15) is 11.1 Å². The van der Waals surface area contributed by atoms with Gasteiger partial charge < -0.3 is 61.6 Å². The molecule has 0 spiro atoms. The molecule has 0 radical (unpaired) electrons. The van der Waals surface area contributed by atoms with Gasteiger partial charge in [-0.1, -0.05) is 24.3 Å². The molecule has 1 aromatic carbocycles. The number of ether oxygens (including phenoxy) is 13. The Morgan fingerprint density at radius 3 is 1.30 bits per heavy atom. The summed E-state index contributed by atoms with van der Waals surface area (Å²) >= 11 is 0. The third kappa shape index (κ3) is 8.91. The van der Waals surface area contributed by atoms with Gasteiger partial charge in [-0.2, -0.15) is 0 Å². The molecule has 6 bridgehead atoms. The molecular formula is C30H48O13. The Balaban J connectivity index is 1.51. The van der Waals surface area contributed by atoms with E-state index >= 15 is 0 Å². The van der Waals surface area contributed by atoms with Crippen molar-refractivity contribution in [3.05, 3.63) is 35.4 Å². The minimum absolute atomic E-state index is 0.267. The van der Waals surface area contributed by atoms with Crippen LogP contribution in [0.25, 0.3) is 0 Å². The zero-order valence-corrected chi connectivity index (χ0v) is 26.0. The molecule has 246 valence electrons. The lowest BCUT2D eigenvalue weighted by Gasteiger charge is -2.44. The van der Waals surface area contributed by atoms with Gasteiger partial charge >= 0.3 is 0 Å². The lowest BCUT2D eigenvalue weighted by atomic mass is 9.98.